The molecule has 4 nitrogen and oxygen atoms in total. The molecule has 0 bridgehead atoms. The number of pyridine rings is 1. The van der Waals surface area contributed by atoms with Crippen LogP contribution in [-0.4, -0.2) is 23.8 Å². The van der Waals surface area contributed by atoms with Gasteiger partial charge in [-0.2, -0.15) is 0 Å². The number of hydrogen-bond donors (Lipinski definition) is 0. The number of ether oxygens (including phenoxy) is 1. The van der Waals surface area contributed by atoms with Gasteiger partial charge in [0.1, 0.15) is 5.69 Å². The van der Waals surface area contributed by atoms with Gasteiger partial charge in [0.15, 0.2) is 5.78 Å². The lowest BCUT2D eigenvalue weighted by Crippen LogP contribution is -2.27. The Bertz CT molecular complexity index is 464. The van der Waals surface area contributed by atoms with Gasteiger partial charge in [-0.3, -0.25) is 14.6 Å². The van der Waals surface area contributed by atoms with E-state index in [1.807, 2.05) is 6.07 Å². The van der Waals surface area contributed by atoms with Crippen molar-refractivity contribution < 1.29 is 14.3 Å². The minimum absolute atomic E-state index is 0.0189. The highest BCUT2D eigenvalue weighted by molar-refractivity contribution is 9.10. The van der Waals surface area contributed by atoms with Crippen molar-refractivity contribution in [2.24, 2.45) is 11.8 Å². The van der Waals surface area contributed by atoms with Crippen molar-refractivity contribution in [1.29, 1.82) is 0 Å². The monoisotopic (exact) mass is 325 g/mol. The molecule has 5 heteroatoms. The number of nitrogens with zero attached hydrogens (tertiary/aromatic N) is 1. The van der Waals surface area contributed by atoms with E-state index in [0.717, 1.165) is 30.2 Å². The summed E-state index contributed by atoms with van der Waals surface area (Å²) in [6.07, 6.45) is 4.54. The van der Waals surface area contributed by atoms with Crippen LogP contribution in [0.4, 0.5) is 0 Å². The van der Waals surface area contributed by atoms with Crippen LogP contribution < -0.4 is 0 Å². The van der Waals surface area contributed by atoms with Crippen molar-refractivity contribution in [2.45, 2.75) is 25.7 Å². The molecular formula is C14H16BrNO3. The third kappa shape index (κ3) is 3.41. The molecule has 1 heterocycles. The Balaban J connectivity index is 1.96. The molecule has 1 aromatic heterocycles. The van der Waals surface area contributed by atoms with Crippen LogP contribution in [0.25, 0.3) is 0 Å². The van der Waals surface area contributed by atoms with E-state index < -0.39 is 0 Å². The van der Waals surface area contributed by atoms with Crippen molar-refractivity contribution in [3.05, 3.63) is 28.5 Å². The lowest BCUT2D eigenvalue weighted by atomic mass is 9.79. The molecule has 19 heavy (non-hydrogen) atoms. The maximum absolute atomic E-state index is 12.3. The molecule has 0 saturated heterocycles. The Morgan fingerprint density at radius 3 is 2.37 bits per heavy atom. The molecule has 0 aromatic carbocycles. The van der Waals surface area contributed by atoms with E-state index in [-0.39, 0.29) is 23.6 Å². The van der Waals surface area contributed by atoms with Crippen LogP contribution in [0.15, 0.2) is 22.8 Å². The van der Waals surface area contributed by atoms with Crippen LogP contribution in [-0.2, 0) is 9.53 Å². The van der Waals surface area contributed by atoms with Gasteiger partial charge in [-0.15, -0.1) is 0 Å². The maximum atomic E-state index is 12.3. The lowest BCUT2D eigenvalue weighted by molar-refractivity contribution is -0.146. The Hall–Kier alpha value is -1.23. The number of esters is 1. The van der Waals surface area contributed by atoms with E-state index >= 15 is 0 Å². The van der Waals surface area contributed by atoms with Gasteiger partial charge < -0.3 is 4.74 Å². The van der Waals surface area contributed by atoms with Gasteiger partial charge in [0.05, 0.1) is 13.0 Å². The molecule has 0 radical (unpaired) electrons. The molecule has 0 atom stereocenters. The molecule has 1 aliphatic rings. The number of carbonyl (C=O) groups excluding carboxylic acids is 2. The highest BCUT2D eigenvalue weighted by atomic mass is 79.9. The molecule has 0 amide bonds. The Labute approximate surface area is 120 Å². The summed E-state index contributed by atoms with van der Waals surface area (Å²) < 4.78 is 5.60. The molecule has 1 saturated carbocycles. The zero-order valence-electron chi connectivity index (χ0n) is 10.8. The van der Waals surface area contributed by atoms with Gasteiger partial charge in [0.25, 0.3) is 0 Å². The number of rotatable bonds is 3. The molecule has 0 spiro atoms. The van der Waals surface area contributed by atoms with E-state index in [4.69, 9.17) is 4.74 Å². The first kappa shape index (κ1) is 14.2. The van der Waals surface area contributed by atoms with Crippen LogP contribution in [0.2, 0.25) is 0 Å². The third-order valence-corrected chi connectivity index (χ3v) is 4.08. The molecule has 2 rings (SSSR count). The Kier molecular flexibility index (Phi) is 4.69. The van der Waals surface area contributed by atoms with Crippen molar-refractivity contribution in [3.63, 3.8) is 0 Å². The van der Waals surface area contributed by atoms with E-state index in [2.05, 4.69) is 20.9 Å². The highest BCUT2D eigenvalue weighted by Crippen LogP contribution is 2.31. The van der Waals surface area contributed by atoms with Crippen LogP contribution in [0.5, 0.6) is 0 Å². The van der Waals surface area contributed by atoms with Crippen molar-refractivity contribution >= 4 is 27.7 Å². The zero-order chi connectivity index (χ0) is 13.8. The first-order valence-corrected chi connectivity index (χ1v) is 7.14. The fourth-order valence-electron chi connectivity index (χ4n) is 2.49. The zero-order valence-corrected chi connectivity index (χ0v) is 12.4. The summed E-state index contributed by atoms with van der Waals surface area (Å²) in [4.78, 5) is 27.8. The summed E-state index contributed by atoms with van der Waals surface area (Å²) in [5.41, 5.74) is 0.504. The lowest BCUT2D eigenvalue weighted by Gasteiger charge is -2.25. The smallest absolute Gasteiger partial charge is 0.308 e. The number of aromatic nitrogens is 1. The summed E-state index contributed by atoms with van der Waals surface area (Å²) in [5, 5.41) is 0. The van der Waals surface area contributed by atoms with Crippen molar-refractivity contribution in [3.8, 4) is 0 Å². The Morgan fingerprint density at radius 1 is 1.21 bits per heavy atom. The number of methoxy groups -OCH3 is 1. The van der Waals surface area contributed by atoms with E-state index in [0.29, 0.717) is 5.69 Å². The van der Waals surface area contributed by atoms with Gasteiger partial charge in [-0.25, -0.2) is 0 Å². The second-order valence-electron chi connectivity index (χ2n) is 4.80. The first-order valence-electron chi connectivity index (χ1n) is 6.35. The summed E-state index contributed by atoms with van der Waals surface area (Å²) in [7, 11) is 1.41. The summed E-state index contributed by atoms with van der Waals surface area (Å²) in [6.45, 7) is 0. The first-order chi connectivity index (χ1) is 9.11. The molecule has 102 valence electrons. The van der Waals surface area contributed by atoms with E-state index in [1.165, 1.54) is 7.11 Å². The fraction of sp³-hybridized carbons (Fsp3) is 0.500. The van der Waals surface area contributed by atoms with Crippen LogP contribution >= 0.6 is 15.9 Å². The van der Waals surface area contributed by atoms with Crippen LogP contribution in [0.1, 0.15) is 36.2 Å². The molecule has 0 N–H and O–H groups in total. The van der Waals surface area contributed by atoms with Crippen molar-refractivity contribution in [2.75, 3.05) is 7.11 Å². The second kappa shape index (κ2) is 6.28. The molecule has 0 unspecified atom stereocenters. The number of halogens is 1. The number of ketones is 1. The largest absolute Gasteiger partial charge is 0.469 e. The minimum Gasteiger partial charge on any atom is -0.469 e. The fourth-order valence-corrected chi connectivity index (χ4v) is 2.72. The summed E-state index contributed by atoms with van der Waals surface area (Å²) >= 11 is 3.30. The summed E-state index contributed by atoms with van der Waals surface area (Å²) in [6, 6.07) is 3.55. The number of hydrogen-bond acceptors (Lipinski definition) is 4. The number of Topliss-reactive ketones (excluding diaryl/α,β-unsaturated/α-hetero) is 1. The quantitative estimate of drug-likeness (QED) is 0.633. The topological polar surface area (TPSA) is 56.3 Å². The third-order valence-electron chi connectivity index (χ3n) is 3.61. The molecule has 1 aliphatic carbocycles. The predicted molar refractivity (Wildman–Crippen MR) is 73.7 cm³/mol. The van der Waals surface area contributed by atoms with Crippen LogP contribution in [0.3, 0.4) is 0 Å². The van der Waals surface area contributed by atoms with Gasteiger partial charge >= 0.3 is 5.97 Å². The average Bonchev–Trinajstić information content (AvgIpc) is 2.46. The molecule has 1 fully saturated rings. The number of carbonyl (C=O) groups is 2. The minimum atomic E-state index is -0.160. The van der Waals surface area contributed by atoms with Crippen molar-refractivity contribution in [1.82, 2.24) is 4.98 Å². The molecular weight excluding hydrogens is 310 g/mol. The summed E-state index contributed by atoms with van der Waals surface area (Å²) in [5.74, 6) is -0.148. The van der Waals surface area contributed by atoms with Gasteiger partial charge in [-0.05, 0) is 53.7 Å². The normalized spacial score (nSPS) is 22.8. The van der Waals surface area contributed by atoms with E-state index in [9.17, 15) is 9.59 Å². The molecule has 1 aromatic rings. The SMILES string of the molecule is COC(=O)C1CCC(C(=O)c2ccc(Br)cn2)CC1. The van der Waals surface area contributed by atoms with Gasteiger partial charge in [-0.1, -0.05) is 0 Å². The predicted octanol–water partition coefficient (Wildman–Crippen LogP) is 3.01. The highest BCUT2D eigenvalue weighted by Gasteiger charge is 2.31. The molecule has 0 aliphatic heterocycles. The second-order valence-corrected chi connectivity index (χ2v) is 5.71. The van der Waals surface area contributed by atoms with E-state index in [1.54, 1.807) is 12.3 Å². The standard InChI is InChI=1S/C14H16BrNO3/c1-19-14(18)10-4-2-9(3-5-10)13(17)12-7-6-11(15)8-16-12/h6-10H,2-5H2,1H3. The maximum Gasteiger partial charge on any atom is 0.308 e. The van der Waals surface area contributed by atoms with Crippen LogP contribution in [0, 0.1) is 11.8 Å². The van der Waals surface area contributed by atoms with Gasteiger partial charge in [0.2, 0.25) is 0 Å². The average molecular weight is 326 g/mol. The van der Waals surface area contributed by atoms with Gasteiger partial charge in [0, 0.05) is 16.6 Å². The Morgan fingerprint density at radius 2 is 1.84 bits per heavy atom.